The van der Waals surface area contributed by atoms with E-state index < -0.39 is 0 Å². The highest BCUT2D eigenvalue weighted by Gasteiger charge is 1.96. The number of hydrogen-bond acceptors (Lipinski definition) is 1. The maximum atomic E-state index is 2.34. The van der Waals surface area contributed by atoms with E-state index in [2.05, 4.69) is 37.4 Å². The Morgan fingerprint density at radius 2 is 2.07 bits per heavy atom. The molecule has 0 bridgehead atoms. The lowest BCUT2D eigenvalue weighted by Gasteiger charge is -2.02. The molecule has 0 unspecified atom stereocenters. The molecule has 0 N–H and O–H groups in total. The summed E-state index contributed by atoms with van der Waals surface area (Å²) in [5, 5.41) is 1.53. The number of hydrogen-bond donors (Lipinski definition) is 0. The SMILES string of the molecule is CCCCCC[Si]c1cccc(SC)c1. The number of thioether (sulfide) groups is 1. The zero-order valence-corrected chi connectivity index (χ0v) is 11.6. The number of unbranched alkanes of at least 4 members (excludes halogenated alkanes) is 3. The van der Waals surface area contributed by atoms with E-state index in [4.69, 9.17) is 0 Å². The van der Waals surface area contributed by atoms with Crippen LogP contribution in [0.15, 0.2) is 29.2 Å². The van der Waals surface area contributed by atoms with E-state index in [1.54, 1.807) is 0 Å². The van der Waals surface area contributed by atoms with E-state index in [1.165, 1.54) is 41.8 Å². The molecule has 0 fully saturated rings. The molecule has 0 heterocycles. The number of rotatable bonds is 7. The molecule has 0 aliphatic rings. The second kappa shape index (κ2) is 8.00. The van der Waals surface area contributed by atoms with Crippen molar-refractivity contribution in [1.82, 2.24) is 0 Å². The Hall–Kier alpha value is -0.213. The summed E-state index contributed by atoms with van der Waals surface area (Å²) in [6, 6.07) is 10.3. The molecule has 0 amide bonds. The molecule has 2 radical (unpaired) electrons. The lowest BCUT2D eigenvalue weighted by Crippen LogP contribution is -2.12. The molecule has 1 rings (SSSR count). The molecular weight excluding hydrogens is 216 g/mol. The standard InChI is InChI=1S/C13H20SSi/c1-3-4-5-6-10-15-13-9-7-8-12(11-13)14-2/h7-9,11H,3-6,10H2,1-2H3. The van der Waals surface area contributed by atoms with Crippen molar-refractivity contribution in [3.63, 3.8) is 0 Å². The predicted octanol–water partition coefficient (Wildman–Crippen LogP) is 3.74. The molecule has 0 nitrogen and oxygen atoms in total. The topological polar surface area (TPSA) is 0 Å². The minimum absolute atomic E-state index is 1.00. The Kier molecular flexibility index (Phi) is 6.86. The van der Waals surface area contributed by atoms with Crippen molar-refractivity contribution in [2.24, 2.45) is 0 Å². The van der Waals surface area contributed by atoms with Crippen LogP contribution in [0.2, 0.25) is 6.04 Å². The first-order valence-corrected chi connectivity index (χ1v) is 8.18. The van der Waals surface area contributed by atoms with Gasteiger partial charge in [-0.1, -0.05) is 56.0 Å². The molecule has 0 spiro atoms. The van der Waals surface area contributed by atoms with Crippen molar-refractivity contribution in [1.29, 1.82) is 0 Å². The third-order valence-corrected chi connectivity index (χ3v) is 4.48. The van der Waals surface area contributed by atoms with Gasteiger partial charge < -0.3 is 0 Å². The third-order valence-electron chi connectivity index (χ3n) is 2.43. The molecule has 82 valence electrons. The van der Waals surface area contributed by atoms with Gasteiger partial charge in [0, 0.05) is 4.90 Å². The molecule has 0 atom stereocenters. The first-order valence-electron chi connectivity index (χ1n) is 5.74. The lowest BCUT2D eigenvalue weighted by atomic mass is 10.2. The summed E-state index contributed by atoms with van der Waals surface area (Å²) in [6.07, 6.45) is 7.69. The van der Waals surface area contributed by atoms with Gasteiger partial charge >= 0.3 is 0 Å². The van der Waals surface area contributed by atoms with Crippen LogP contribution in [0.5, 0.6) is 0 Å². The Morgan fingerprint density at radius 3 is 2.80 bits per heavy atom. The molecule has 1 aromatic carbocycles. The van der Waals surface area contributed by atoms with Gasteiger partial charge in [-0.2, -0.15) is 0 Å². The van der Waals surface area contributed by atoms with Crippen molar-refractivity contribution in [3.05, 3.63) is 24.3 Å². The van der Waals surface area contributed by atoms with Crippen LogP contribution in [-0.4, -0.2) is 15.8 Å². The summed E-state index contributed by atoms with van der Waals surface area (Å²) in [4.78, 5) is 1.40. The van der Waals surface area contributed by atoms with Gasteiger partial charge in [0.1, 0.15) is 0 Å². The number of benzene rings is 1. The average molecular weight is 236 g/mol. The largest absolute Gasteiger partial charge is 0.130 e. The average Bonchev–Trinajstić information content (AvgIpc) is 2.29. The van der Waals surface area contributed by atoms with Crippen LogP contribution < -0.4 is 5.19 Å². The minimum atomic E-state index is 1.00. The molecule has 0 saturated carbocycles. The molecule has 0 aromatic heterocycles. The Bertz CT molecular complexity index is 273. The molecule has 2 heteroatoms. The van der Waals surface area contributed by atoms with Crippen molar-refractivity contribution in [3.8, 4) is 0 Å². The highest BCUT2D eigenvalue weighted by Crippen LogP contribution is 2.11. The van der Waals surface area contributed by atoms with Crippen LogP contribution in [0.4, 0.5) is 0 Å². The molecule has 1 aromatic rings. The summed E-state index contributed by atoms with van der Waals surface area (Å²) in [6.45, 7) is 2.27. The Morgan fingerprint density at radius 1 is 1.20 bits per heavy atom. The highest BCUT2D eigenvalue weighted by atomic mass is 32.2. The van der Waals surface area contributed by atoms with Crippen molar-refractivity contribution in [2.45, 2.75) is 43.5 Å². The zero-order valence-electron chi connectivity index (χ0n) is 9.75. The van der Waals surface area contributed by atoms with Crippen molar-refractivity contribution >= 4 is 26.5 Å². The van der Waals surface area contributed by atoms with Gasteiger partial charge in [-0.05, 0) is 18.4 Å². The van der Waals surface area contributed by atoms with Crippen LogP contribution in [-0.2, 0) is 0 Å². The van der Waals surface area contributed by atoms with Gasteiger partial charge in [-0.25, -0.2) is 0 Å². The van der Waals surface area contributed by atoms with E-state index >= 15 is 0 Å². The normalized spacial score (nSPS) is 10.5. The van der Waals surface area contributed by atoms with Gasteiger partial charge in [0.05, 0.1) is 9.52 Å². The van der Waals surface area contributed by atoms with Gasteiger partial charge in [0.15, 0.2) is 0 Å². The van der Waals surface area contributed by atoms with Gasteiger partial charge in [0.2, 0.25) is 0 Å². The van der Waals surface area contributed by atoms with E-state index in [0.29, 0.717) is 0 Å². The second-order valence-electron chi connectivity index (χ2n) is 3.72. The molecule has 15 heavy (non-hydrogen) atoms. The smallest absolute Gasteiger partial charge is 0.0808 e. The van der Waals surface area contributed by atoms with Crippen LogP contribution in [0.1, 0.15) is 32.6 Å². The monoisotopic (exact) mass is 236 g/mol. The molecular formula is C13H20SSi. The van der Waals surface area contributed by atoms with Gasteiger partial charge in [0.25, 0.3) is 0 Å². The van der Waals surface area contributed by atoms with E-state index in [0.717, 1.165) is 9.52 Å². The fourth-order valence-electron chi connectivity index (χ4n) is 1.52. The van der Waals surface area contributed by atoms with Crippen LogP contribution in [0.25, 0.3) is 0 Å². The van der Waals surface area contributed by atoms with Crippen LogP contribution in [0, 0.1) is 0 Å². The Labute approximate surface area is 101 Å². The van der Waals surface area contributed by atoms with Gasteiger partial charge in [-0.15, -0.1) is 11.8 Å². The maximum absolute atomic E-state index is 2.34. The van der Waals surface area contributed by atoms with E-state index in [-0.39, 0.29) is 0 Å². The summed E-state index contributed by atoms with van der Waals surface area (Å²) in [7, 11) is 1.00. The quantitative estimate of drug-likeness (QED) is 0.395. The molecule has 0 aliphatic heterocycles. The van der Waals surface area contributed by atoms with Crippen LogP contribution in [0.3, 0.4) is 0 Å². The fourth-order valence-corrected chi connectivity index (χ4v) is 3.27. The van der Waals surface area contributed by atoms with Crippen LogP contribution >= 0.6 is 11.8 Å². The van der Waals surface area contributed by atoms with E-state index in [1.807, 2.05) is 11.8 Å². The van der Waals surface area contributed by atoms with E-state index in [9.17, 15) is 0 Å². The summed E-state index contributed by atoms with van der Waals surface area (Å²) in [5.74, 6) is 0. The predicted molar refractivity (Wildman–Crippen MR) is 72.6 cm³/mol. The van der Waals surface area contributed by atoms with Crippen molar-refractivity contribution < 1.29 is 0 Å². The highest BCUT2D eigenvalue weighted by molar-refractivity contribution is 7.98. The summed E-state index contributed by atoms with van der Waals surface area (Å²) in [5.41, 5.74) is 0. The molecule has 0 saturated heterocycles. The maximum Gasteiger partial charge on any atom is 0.0808 e. The molecule has 0 aliphatic carbocycles. The van der Waals surface area contributed by atoms with Crippen molar-refractivity contribution in [2.75, 3.05) is 6.26 Å². The lowest BCUT2D eigenvalue weighted by molar-refractivity contribution is 0.701. The Balaban J connectivity index is 2.24. The fraction of sp³-hybridized carbons (Fsp3) is 0.538. The first-order chi connectivity index (χ1) is 7.36. The summed E-state index contributed by atoms with van der Waals surface area (Å²) < 4.78 is 0. The first kappa shape index (κ1) is 12.9. The summed E-state index contributed by atoms with van der Waals surface area (Å²) >= 11 is 1.83. The zero-order chi connectivity index (χ0) is 10.9. The third kappa shape index (κ3) is 5.43. The second-order valence-corrected chi connectivity index (χ2v) is 6.03. The minimum Gasteiger partial charge on any atom is -0.130 e. The van der Waals surface area contributed by atoms with Gasteiger partial charge in [-0.3, -0.25) is 0 Å².